The van der Waals surface area contributed by atoms with Crippen molar-refractivity contribution in [3.8, 4) is 0 Å². The third-order valence-corrected chi connectivity index (χ3v) is 17.0. The maximum absolute atomic E-state index is 2.64. The Balaban J connectivity index is 0.00000216. The molecule has 0 saturated heterocycles. The molecule has 2 aliphatic rings. The Bertz CT molecular complexity index is 1020. The van der Waals surface area contributed by atoms with Crippen molar-refractivity contribution in [1.82, 2.24) is 0 Å². The van der Waals surface area contributed by atoms with Crippen molar-refractivity contribution < 1.29 is 44.0 Å². The molecule has 0 N–H and O–H groups in total. The number of hydrogen-bond donors (Lipinski definition) is 0. The molecule has 0 fully saturated rings. The molecular weight excluding hydrogens is 541 g/mol. The van der Waals surface area contributed by atoms with E-state index in [4.69, 9.17) is 0 Å². The zero-order chi connectivity index (χ0) is 23.5. The molecule has 2 aliphatic carbocycles. The summed E-state index contributed by atoms with van der Waals surface area (Å²) in [6.07, 6.45) is 10.7. The van der Waals surface area contributed by atoms with Crippen molar-refractivity contribution in [3.05, 3.63) is 81.4 Å². The third kappa shape index (κ3) is 6.75. The molecule has 0 heterocycles. The van der Waals surface area contributed by atoms with Crippen LogP contribution in [0.25, 0.3) is 12.2 Å². The van der Waals surface area contributed by atoms with Crippen LogP contribution in [0.4, 0.5) is 0 Å². The van der Waals surface area contributed by atoms with Crippen LogP contribution in [0, 0.1) is 0 Å². The fourth-order valence-electron chi connectivity index (χ4n) is 5.73. The summed E-state index contributed by atoms with van der Waals surface area (Å²) in [7, 11) is -0.129. The third-order valence-electron chi connectivity index (χ3n) is 6.91. The average Bonchev–Trinajstić information content (AvgIpc) is 3.32. The smallest absolute Gasteiger partial charge is 1.00 e. The van der Waals surface area contributed by atoms with Crippen molar-refractivity contribution in [2.24, 2.45) is 0 Å². The fourth-order valence-corrected chi connectivity index (χ4v) is 16.4. The molecular formula is C30H40Cl2P2Ti. The van der Waals surface area contributed by atoms with Crippen LogP contribution in [0.1, 0.15) is 85.1 Å². The summed E-state index contributed by atoms with van der Waals surface area (Å²) in [5.74, 6) is 0. The number of halogens is 2. The summed E-state index contributed by atoms with van der Waals surface area (Å²) in [5, 5.41) is 3.66. The van der Waals surface area contributed by atoms with E-state index in [2.05, 4.69) is 102 Å². The zero-order valence-electron chi connectivity index (χ0n) is 22.1. The second-order valence-electron chi connectivity index (χ2n) is 10.0. The minimum absolute atomic E-state index is 0. The molecule has 0 radical (unpaired) electrons. The van der Waals surface area contributed by atoms with Gasteiger partial charge in [0.25, 0.3) is 0 Å². The van der Waals surface area contributed by atoms with Gasteiger partial charge in [-0.3, -0.25) is 0 Å². The molecule has 0 bridgehead atoms. The summed E-state index contributed by atoms with van der Waals surface area (Å²) in [4.78, 5) is 0. The first-order valence-electron chi connectivity index (χ1n) is 12.9. The standard InChI is InChI=1S/2C15H20P.2ClH.Ti/c1-11(2)16(12(3)4)15-9-13-7-5-6-8-14(13)10-15;1-3-9-16(10-4-2)15-11-13-7-5-6-8-14(13)12-15;;;/h5-12H,1-4H3;5-8,11-12H,3-4,9-10H2,1-2H3;2*1H;/q;;;;+2/p-2. The molecule has 0 saturated carbocycles. The van der Waals surface area contributed by atoms with Crippen LogP contribution < -0.4 is 24.8 Å². The summed E-state index contributed by atoms with van der Waals surface area (Å²) in [5.41, 5.74) is 7.81. The Kier molecular flexibility index (Phi) is 12.8. The van der Waals surface area contributed by atoms with Gasteiger partial charge in [-0.15, -0.1) is 0 Å². The van der Waals surface area contributed by atoms with E-state index in [0.717, 1.165) is 11.3 Å². The van der Waals surface area contributed by atoms with Crippen LogP contribution in [-0.4, -0.2) is 23.6 Å². The Morgan fingerprint density at radius 2 is 1.11 bits per heavy atom. The van der Waals surface area contributed by atoms with Crippen molar-refractivity contribution in [1.29, 1.82) is 0 Å². The number of allylic oxidation sites excluding steroid dienone is 2. The first kappa shape index (κ1) is 31.3. The predicted molar refractivity (Wildman–Crippen MR) is 149 cm³/mol. The molecule has 188 valence electrons. The van der Waals surface area contributed by atoms with Gasteiger partial charge in [0.1, 0.15) is 0 Å². The largest absolute Gasteiger partial charge is 1.00 e. The van der Waals surface area contributed by atoms with Gasteiger partial charge in [-0.2, -0.15) is 0 Å². The van der Waals surface area contributed by atoms with Crippen LogP contribution in [0.2, 0.25) is 0 Å². The molecule has 0 aliphatic heterocycles. The van der Waals surface area contributed by atoms with E-state index in [1.54, 1.807) is 11.1 Å². The van der Waals surface area contributed by atoms with Crippen LogP contribution >= 0.6 is 15.8 Å². The SMILES string of the molecule is CCCP(CCC)C1=Cc2ccccc2[CH]1[Ti+2][CH]1C(P(C(C)C)C(C)C)=Cc2ccccc21.[Cl-].[Cl-]. The maximum atomic E-state index is 2.64. The number of rotatable bonds is 10. The minimum Gasteiger partial charge on any atom is -1.00 e. The molecule has 35 heavy (non-hydrogen) atoms. The number of fused-ring (bicyclic) bond motifs is 2. The molecule has 2 atom stereocenters. The summed E-state index contributed by atoms with van der Waals surface area (Å²) < 4.78 is 1.40. The van der Waals surface area contributed by atoms with Crippen molar-refractivity contribution in [3.63, 3.8) is 0 Å². The van der Waals surface area contributed by atoms with Gasteiger partial charge in [-0.1, -0.05) is 0 Å². The van der Waals surface area contributed by atoms with Crippen LogP contribution in [0.5, 0.6) is 0 Å². The Labute approximate surface area is 238 Å². The quantitative estimate of drug-likeness (QED) is 0.296. The predicted octanol–water partition coefficient (Wildman–Crippen LogP) is 3.87. The molecule has 4 rings (SSSR count). The monoisotopic (exact) mass is 580 g/mol. The summed E-state index contributed by atoms with van der Waals surface area (Å²) in [6, 6.07) is 18.7. The van der Waals surface area contributed by atoms with E-state index in [9.17, 15) is 0 Å². The topological polar surface area (TPSA) is 0 Å². The molecule has 0 amide bonds. The number of benzene rings is 2. The van der Waals surface area contributed by atoms with Crippen LogP contribution in [0.3, 0.4) is 0 Å². The van der Waals surface area contributed by atoms with E-state index in [-0.39, 0.29) is 59.8 Å². The number of hydrogen-bond acceptors (Lipinski definition) is 0. The molecule has 2 unspecified atom stereocenters. The van der Waals surface area contributed by atoms with Crippen molar-refractivity contribution >= 4 is 28.0 Å². The van der Waals surface area contributed by atoms with Gasteiger partial charge in [-0.05, 0) is 0 Å². The average molecular weight is 581 g/mol. The van der Waals surface area contributed by atoms with Crippen molar-refractivity contribution in [2.75, 3.05) is 12.3 Å². The first-order chi connectivity index (χ1) is 16.0. The van der Waals surface area contributed by atoms with E-state index >= 15 is 0 Å². The molecule has 0 nitrogen and oxygen atoms in total. The second kappa shape index (κ2) is 14.3. The van der Waals surface area contributed by atoms with Gasteiger partial charge in [0.2, 0.25) is 0 Å². The zero-order valence-corrected chi connectivity index (χ0v) is 26.9. The second-order valence-corrected chi connectivity index (χ2v) is 18.2. The van der Waals surface area contributed by atoms with Gasteiger partial charge in [0, 0.05) is 0 Å². The van der Waals surface area contributed by atoms with E-state index in [1.807, 2.05) is 10.6 Å². The fraction of sp³-hybridized carbons (Fsp3) is 0.467. The van der Waals surface area contributed by atoms with Crippen molar-refractivity contribution in [2.45, 2.75) is 74.1 Å². The molecule has 5 heteroatoms. The van der Waals surface area contributed by atoms with Crippen LogP contribution in [0.15, 0.2) is 59.2 Å². The maximum Gasteiger partial charge on any atom is -1.00 e. The van der Waals surface area contributed by atoms with Gasteiger partial charge in [-0.25, -0.2) is 0 Å². The van der Waals surface area contributed by atoms with Gasteiger partial charge in [0.15, 0.2) is 0 Å². The van der Waals surface area contributed by atoms with E-state index < -0.39 is 0 Å². The van der Waals surface area contributed by atoms with Gasteiger partial charge >= 0.3 is 215 Å². The first-order valence-corrected chi connectivity index (χ1v) is 17.9. The molecule has 2 aromatic carbocycles. The Hall–Kier alpha value is 0.0743. The van der Waals surface area contributed by atoms with Gasteiger partial charge in [0.05, 0.1) is 0 Å². The van der Waals surface area contributed by atoms with E-state index in [0.29, 0.717) is 8.45 Å². The molecule has 0 spiro atoms. The summed E-state index contributed by atoms with van der Waals surface area (Å²) >= 11 is -0.267. The molecule has 2 aromatic rings. The summed E-state index contributed by atoms with van der Waals surface area (Å²) in [6.45, 7) is 14.6. The Morgan fingerprint density at radius 3 is 1.57 bits per heavy atom. The Morgan fingerprint density at radius 1 is 0.686 bits per heavy atom. The normalized spacial score (nSPS) is 18.1. The molecule has 0 aromatic heterocycles. The van der Waals surface area contributed by atoms with Crippen LogP contribution in [-0.2, 0) is 19.2 Å². The van der Waals surface area contributed by atoms with Gasteiger partial charge < -0.3 is 24.8 Å². The van der Waals surface area contributed by atoms with E-state index in [1.165, 1.54) is 36.3 Å². The minimum atomic E-state index is -0.267.